The zero-order valence-electron chi connectivity index (χ0n) is 13.5. The third-order valence-corrected chi connectivity index (χ3v) is 3.80. The smallest absolute Gasteiger partial charge is 0.334 e. The summed E-state index contributed by atoms with van der Waals surface area (Å²) < 4.78 is 13.0. The van der Waals surface area contributed by atoms with Crippen molar-refractivity contribution in [3.05, 3.63) is 75.3 Å². The molecular weight excluding hydrogens is 361 g/mol. The van der Waals surface area contributed by atoms with E-state index in [0.29, 0.717) is 16.4 Å². The maximum atomic E-state index is 13.0. The Kier molecular flexibility index (Phi) is 4.94. The summed E-state index contributed by atoms with van der Waals surface area (Å²) in [6.45, 7) is 1.84. The highest BCUT2D eigenvalue weighted by Crippen LogP contribution is 2.34. The van der Waals surface area contributed by atoms with Gasteiger partial charge in [-0.2, -0.15) is 0 Å². The van der Waals surface area contributed by atoms with Gasteiger partial charge in [0.1, 0.15) is 12.1 Å². The van der Waals surface area contributed by atoms with Gasteiger partial charge in [-0.05, 0) is 48.9 Å². The van der Waals surface area contributed by atoms with Gasteiger partial charge < -0.3 is 10.6 Å². The van der Waals surface area contributed by atoms with Crippen molar-refractivity contribution in [1.29, 1.82) is 0 Å². The monoisotopic (exact) mass is 373 g/mol. The van der Waals surface area contributed by atoms with Gasteiger partial charge in [-0.25, -0.2) is 14.4 Å². The van der Waals surface area contributed by atoms with Gasteiger partial charge in [0.2, 0.25) is 11.6 Å². The standard InChI is InChI=1S/C17H13ClFN5O2/c1-10-2-3-11(18)8-14(10)23-17-15(24(25)26)16(20-9-21-17)22-13-6-4-12(19)5-7-13/h2-9H,1H3,(H2,20,21,22,23). The average Bonchev–Trinajstić information content (AvgIpc) is 2.60. The number of hydrogen-bond acceptors (Lipinski definition) is 6. The van der Waals surface area contributed by atoms with E-state index in [-0.39, 0.29) is 17.3 Å². The molecule has 0 spiro atoms. The van der Waals surface area contributed by atoms with Crippen molar-refractivity contribution in [2.24, 2.45) is 0 Å². The van der Waals surface area contributed by atoms with Crippen molar-refractivity contribution >= 4 is 40.3 Å². The maximum absolute atomic E-state index is 13.0. The molecule has 0 bridgehead atoms. The third kappa shape index (κ3) is 3.86. The molecule has 9 heteroatoms. The summed E-state index contributed by atoms with van der Waals surface area (Å²) in [5, 5.41) is 17.8. The van der Waals surface area contributed by atoms with E-state index in [2.05, 4.69) is 20.6 Å². The number of nitrogens with one attached hydrogen (secondary N) is 2. The lowest BCUT2D eigenvalue weighted by atomic mass is 10.2. The molecule has 0 amide bonds. The number of benzene rings is 2. The fourth-order valence-corrected chi connectivity index (χ4v) is 2.43. The van der Waals surface area contributed by atoms with E-state index in [1.165, 1.54) is 30.6 Å². The lowest BCUT2D eigenvalue weighted by Gasteiger charge is -2.12. The van der Waals surface area contributed by atoms with Crippen LogP contribution in [0.4, 0.5) is 33.1 Å². The van der Waals surface area contributed by atoms with Crippen molar-refractivity contribution < 1.29 is 9.31 Å². The average molecular weight is 374 g/mol. The predicted octanol–water partition coefficient (Wildman–Crippen LogP) is 4.97. The second-order valence-electron chi connectivity index (χ2n) is 5.39. The van der Waals surface area contributed by atoms with Gasteiger partial charge in [-0.3, -0.25) is 10.1 Å². The molecule has 0 aliphatic rings. The van der Waals surface area contributed by atoms with Crippen molar-refractivity contribution in [2.75, 3.05) is 10.6 Å². The van der Waals surface area contributed by atoms with Crippen molar-refractivity contribution in [3.8, 4) is 0 Å². The Hall–Kier alpha value is -3.26. The highest BCUT2D eigenvalue weighted by molar-refractivity contribution is 6.30. The molecule has 26 heavy (non-hydrogen) atoms. The summed E-state index contributed by atoms with van der Waals surface area (Å²) >= 11 is 5.99. The van der Waals surface area contributed by atoms with E-state index in [9.17, 15) is 14.5 Å². The van der Waals surface area contributed by atoms with Crippen molar-refractivity contribution in [3.63, 3.8) is 0 Å². The maximum Gasteiger partial charge on any atom is 0.353 e. The van der Waals surface area contributed by atoms with E-state index in [4.69, 9.17) is 11.6 Å². The number of nitro groups is 1. The molecule has 0 unspecified atom stereocenters. The fraction of sp³-hybridized carbons (Fsp3) is 0.0588. The highest BCUT2D eigenvalue weighted by atomic mass is 35.5. The predicted molar refractivity (Wildman–Crippen MR) is 97.8 cm³/mol. The van der Waals surface area contributed by atoms with Crippen molar-refractivity contribution in [2.45, 2.75) is 6.92 Å². The Balaban J connectivity index is 1.99. The number of rotatable bonds is 5. The summed E-state index contributed by atoms with van der Waals surface area (Å²) in [4.78, 5) is 18.9. The highest BCUT2D eigenvalue weighted by Gasteiger charge is 2.23. The minimum Gasteiger partial charge on any atom is -0.334 e. The first-order valence-electron chi connectivity index (χ1n) is 7.49. The van der Waals surface area contributed by atoms with E-state index in [1.54, 1.807) is 18.2 Å². The summed E-state index contributed by atoms with van der Waals surface area (Å²) in [6, 6.07) is 10.5. The van der Waals surface area contributed by atoms with Gasteiger partial charge in [-0.1, -0.05) is 17.7 Å². The van der Waals surface area contributed by atoms with Crippen LogP contribution in [0.15, 0.2) is 48.8 Å². The minimum absolute atomic E-state index is 0.0139. The minimum atomic E-state index is -0.589. The molecule has 0 aliphatic heterocycles. The van der Waals surface area contributed by atoms with Crippen LogP contribution in [0.2, 0.25) is 5.02 Å². The zero-order chi connectivity index (χ0) is 18.7. The van der Waals surface area contributed by atoms with Crippen LogP contribution in [0, 0.1) is 22.9 Å². The lowest BCUT2D eigenvalue weighted by molar-refractivity contribution is -0.383. The number of halogens is 2. The molecule has 0 aliphatic carbocycles. The Morgan fingerprint density at radius 2 is 1.73 bits per heavy atom. The molecule has 0 fully saturated rings. The first kappa shape index (κ1) is 17.6. The van der Waals surface area contributed by atoms with E-state index in [1.807, 2.05) is 6.92 Å². The fourth-order valence-electron chi connectivity index (χ4n) is 2.26. The second kappa shape index (κ2) is 7.32. The molecule has 1 aromatic heterocycles. The van der Waals surface area contributed by atoms with Crippen LogP contribution in [0.5, 0.6) is 0 Å². The molecule has 2 N–H and O–H groups in total. The molecule has 132 valence electrons. The normalized spacial score (nSPS) is 10.4. The van der Waals surface area contributed by atoms with E-state index in [0.717, 1.165) is 5.56 Å². The summed E-state index contributed by atoms with van der Waals surface area (Å²) in [7, 11) is 0. The summed E-state index contributed by atoms with van der Waals surface area (Å²) in [5.74, 6) is -0.412. The third-order valence-electron chi connectivity index (χ3n) is 3.56. The van der Waals surface area contributed by atoms with Crippen LogP contribution in [-0.2, 0) is 0 Å². The SMILES string of the molecule is Cc1ccc(Cl)cc1Nc1ncnc(Nc2ccc(F)cc2)c1[N+](=O)[O-]. The Morgan fingerprint density at radius 3 is 2.38 bits per heavy atom. The first-order valence-corrected chi connectivity index (χ1v) is 7.87. The summed E-state index contributed by atoms with van der Waals surface area (Å²) in [6.07, 6.45) is 1.20. The molecule has 3 rings (SSSR count). The molecule has 0 saturated carbocycles. The van der Waals surface area contributed by atoms with Gasteiger partial charge >= 0.3 is 5.69 Å². The quantitative estimate of drug-likeness (QED) is 0.484. The first-order chi connectivity index (χ1) is 12.4. The molecule has 3 aromatic rings. The number of anilines is 4. The van der Waals surface area contributed by atoms with E-state index >= 15 is 0 Å². The molecule has 1 heterocycles. The molecule has 0 saturated heterocycles. The molecular formula is C17H13ClFN5O2. The van der Waals surface area contributed by atoms with Crippen LogP contribution < -0.4 is 10.6 Å². The molecule has 7 nitrogen and oxygen atoms in total. The summed E-state index contributed by atoms with van der Waals surface area (Å²) in [5.41, 5.74) is 1.55. The van der Waals surface area contributed by atoms with Gasteiger partial charge in [-0.15, -0.1) is 0 Å². The largest absolute Gasteiger partial charge is 0.353 e. The van der Waals surface area contributed by atoms with Crippen LogP contribution in [0.1, 0.15) is 5.56 Å². The second-order valence-corrected chi connectivity index (χ2v) is 5.83. The topological polar surface area (TPSA) is 93.0 Å². The number of aryl methyl sites for hydroxylation is 1. The molecule has 0 atom stereocenters. The van der Waals surface area contributed by atoms with Crippen LogP contribution >= 0.6 is 11.6 Å². The molecule has 0 radical (unpaired) electrons. The van der Waals surface area contributed by atoms with Gasteiger partial charge in [0, 0.05) is 16.4 Å². The van der Waals surface area contributed by atoms with Crippen LogP contribution in [0.25, 0.3) is 0 Å². The van der Waals surface area contributed by atoms with Crippen molar-refractivity contribution in [1.82, 2.24) is 9.97 Å². The van der Waals surface area contributed by atoms with Gasteiger partial charge in [0.05, 0.1) is 4.92 Å². The van der Waals surface area contributed by atoms with Gasteiger partial charge in [0.15, 0.2) is 0 Å². The Morgan fingerprint density at radius 1 is 1.08 bits per heavy atom. The molecule has 2 aromatic carbocycles. The van der Waals surface area contributed by atoms with Crippen LogP contribution in [0.3, 0.4) is 0 Å². The number of hydrogen-bond donors (Lipinski definition) is 2. The lowest BCUT2D eigenvalue weighted by Crippen LogP contribution is -2.06. The van der Waals surface area contributed by atoms with E-state index < -0.39 is 10.7 Å². The number of aromatic nitrogens is 2. The number of nitrogens with zero attached hydrogens (tertiary/aromatic N) is 3. The zero-order valence-corrected chi connectivity index (χ0v) is 14.3. The van der Waals surface area contributed by atoms with Crippen LogP contribution in [-0.4, -0.2) is 14.9 Å². The Bertz CT molecular complexity index is 966. The van der Waals surface area contributed by atoms with Gasteiger partial charge in [0.25, 0.3) is 0 Å². The Labute approximate surface area is 153 Å².